The Bertz CT molecular complexity index is 287. The van der Waals surface area contributed by atoms with Crippen molar-refractivity contribution in [3.05, 3.63) is 0 Å². The van der Waals surface area contributed by atoms with E-state index in [4.69, 9.17) is 9.47 Å². The smallest absolute Gasteiger partial charge is 0.164 e. The third-order valence-corrected chi connectivity index (χ3v) is 3.91. The van der Waals surface area contributed by atoms with Gasteiger partial charge in [-0.1, -0.05) is 19.8 Å². The summed E-state index contributed by atoms with van der Waals surface area (Å²) in [6.07, 6.45) is 1.60. The molecule has 0 aromatic carbocycles. The summed E-state index contributed by atoms with van der Waals surface area (Å²) in [5.41, 5.74) is -2.37. The Morgan fingerprint density at radius 1 is 1.06 bits per heavy atom. The van der Waals surface area contributed by atoms with Gasteiger partial charge in [-0.3, -0.25) is 0 Å². The molecule has 1 aliphatic heterocycles. The summed E-state index contributed by atoms with van der Waals surface area (Å²) in [7, 11) is 0. The Hall–Kier alpha value is -0.160. The van der Waals surface area contributed by atoms with E-state index in [-0.39, 0.29) is 0 Å². The minimum absolute atomic E-state index is 0.399. The molecule has 1 aliphatic carbocycles. The number of fused-ring (bicyclic) bond motifs is 1. The molecule has 1 heterocycles. The van der Waals surface area contributed by atoms with Crippen LogP contribution in [0.2, 0.25) is 0 Å². The van der Waals surface area contributed by atoms with Gasteiger partial charge in [0.1, 0.15) is 23.4 Å². The molecule has 2 rings (SSSR count). The van der Waals surface area contributed by atoms with Crippen molar-refractivity contribution < 1.29 is 19.7 Å². The molecule has 0 unspecified atom stereocenters. The van der Waals surface area contributed by atoms with Crippen LogP contribution >= 0.6 is 0 Å². The van der Waals surface area contributed by atoms with Crippen LogP contribution in [0.1, 0.15) is 47.0 Å². The number of hydrogen-bond donors (Lipinski definition) is 2. The monoisotopic (exact) mass is 230 g/mol. The van der Waals surface area contributed by atoms with Gasteiger partial charge in [-0.2, -0.15) is 0 Å². The second-order valence-electron chi connectivity index (χ2n) is 5.65. The van der Waals surface area contributed by atoms with Crippen molar-refractivity contribution >= 4 is 0 Å². The first-order chi connectivity index (χ1) is 7.24. The summed E-state index contributed by atoms with van der Waals surface area (Å²) in [6, 6.07) is 0. The van der Waals surface area contributed by atoms with Crippen LogP contribution in [0.4, 0.5) is 0 Å². The first-order valence-electron chi connectivity index (χ1n) is 6.05. The van der Waals surface area contributed by atoms with Crippen LogP contribution in [0, 0.1) is 0 Å². The van der Waals surface area contributed by atoms with E-state index in [2.05, 4.69) is 6.92 Å². The molecule has 0 aromatic rings. The average Bonchev–Trinajstić information content (AvgIpc) is 2.50. The molecule has 1 saturated heterocycles. The molecule has 2 aliphatic rings. The third-order valence-electron chi connectivity index (χ3n) is 3.91. The maximum atomic E-state index is 10.5. The number of hydrogen-bond acceptors (Lipinski definition) is 4. The summed E-state index contributed by atoms with van der Waals surface area (Å²) >= 11 is 0. The SMILES string of the molecule is CCCC[C@]1(O)[C@@H]2OC(C)(C)O[C@@H]2[C@@]1(C)O. The molecule has 0 aromatic heterocycles. The van der Waals surface area contributed by atoms with Crippen molar-refractivity contribution in [2.75, 3.05) is 0 Å². The second kappa shape index (κ2) is 3.42. The normalized spacial score (nSPS) is 49.9. The van der Waals surface area contributed by atoms with Gasteiger partial charge in [0.2, 0.25) is 0 Å². The topological polar surface area (TPSA) is 58.9 Å². The van der Waals surface area contributed by atoms with Gasteiger partial charge in [-0.15, -0.1) is 0 Å². The second-order valence-corrected chi connectivity index (χ2v) is 5.65. The van der Waals surface area contributed by atoms with Crippen LogP contribution in [0.5, 0.6) is 0 Å². The molecule has 0 spiro atoms. The molecule has 0 radical (unpaired) electrons. The quantitative estimate of drug-likeness (QED) is 0.764. The van der Waals surface area contributed by atoms with Gasteiger partial charge < -0.3 is 19.7 Å². The fourth-order valence-corrected chi connectivity index (χ4v) is 2.80. The van der Waals surface area contributed by atoms with Crippen LogP contribution in [0.25, 0.3) is 0 Å². The molecular weight excluding hydrogens is 208 g/mol. The van der Waals surface area contributed by atoms with Crippen molar-refractivity contribution in [1.29, 1.82) is 0 Å². The number of ether oxygens (including phenoxy) is 2. The molecular formula is C12H22O4. The molecule has 94 valence electrons. The predicted molar refractivity (Wildman–Crippen MR) is 58.9 cm³/mol. The van der Waals surface area contributed by atoms with E-state index in [1.54, 1.807) is 6.92 Å². The first-order valence-corrected chi connectivity index (χ1v) is 6.05. The lowest BCUT2D eigenvalue weighted by atomic mass is 9.59. The Balaban J connectivity index is 2.16. The van der Waals surface area contributed by atoms with Gasteiger partial charge in [0.05, 0.1) is 0 Å². The van der Waals surface area contributed by atoms with E-state index in [9.17, 15) is 10.2 Å². The minimum Gasteiger partial charge on any atom is -0.384 e. The molecule has 2 N–H and O–H groups in total. The largest absolute Gasteiger partial charge is 0.384 e. The highest BCUT2D eigenvalue weighted by molar-refractivity contribution is 5.23. The van der Waals surface area contributed by atoms with Gasteiger partial charge in [-0.05, 0) is 27.2 Å². The maximum Gasteiger partial charge on any atom is 0.164 e. The molecule has 4 heteroatoms. The summed E-state index contributed by atoms with van der Waals surface area (Å²) in [6.45, 7) is 7.31. The lowest BCUT2D eigenvalue weighted by molar-refractivity contribution is -0.303. The minimum atomic E-state index is -1.21. The van der Waals surface area contributed by atoms with Crippen molar-refractivity contribution in [3.63, 3.8) is 0 Å². The van der Waals surface area contributed by atoms with Crippen LogP contribution < -0.4 is 0 Å². The van der Waals surface area contributed by atoms with Crippen LogP contribution in [0.3, 0.4) is 0 Å². The van der Waals surface area contributed by atoms with E-state index in [0.717, 1.165) is 12.8 Å². The number of aliphatic hydroxyl groups is 2. The van der Waals surface area contributed by atoms with Gasteiger partial charge in [0.15, 0.2) is 5.79 Å². The molecule has 4 atom stereocenters. The molecule has 4 nitrogen and oxygen atoms in total. The molecule has 2 fully saturated rings. The Morgan fingerprint density at radius 2 is 1.62 bits per heavy atom. The van der Waals surface area contributed by atoms with Gasteiger partial charge >= 0.3 is 0 Å². The molecule has 0 amide bonds. The summed E-state index contributed by atoms with van der Waals surface area (Å²) in [4.78, 5) is 0. The lowest BCUT2D eigenvalue weighted by Crippen LogP contribution is -2.79. The number of rotatable bonds is 3. The lowest BCUT2D eigenvalue weighted by Gasteiger charge is -2.57. The van der Waals surface area contributed by atoms with E-state index in [1.807, 2.05) is 13.8 Å². The van der Waals surface area contributed by atoms with Crippen molar-refractivity contribution in [1.82, 2.24) is 0 Å². The van der Waals surface area contributed by atoms with Crippen molar-refractivity contribution in [2.24, 2.45) is 0 Å². The van der Waals surface area contributed by atoms with Crippen LogP contribution in [0.15, 0.2) is 0 Å². The Labute approximate surface area is 96.6 Å². The highest BCUT2D eigenvalue weighted by Gasteiger charge is 2.74. The van der Waals surface area contributed by atoms with E-state index in [0.29, 0.717) is 6.42 Å². The fraction of sp³-hybridized carbons (Fsp3) is 1.00. The summed E-state index contributed by atoms with van der Waals surface area (Å²) < 4.78 is 11.3. The van der Waals surface area contributed by atoms with E-state index < -0.39 is 29.2 Å². The summed E-state index contributed by atoms with van der Waals surface area (Å²) in [5.74, 6) is -0.712. The van der Waals surface area contributed by atoms with E-state index >= 15 is 0 Å². The average molecular weight is 230 g/mol. The van der Waals surface area contributed by atoms with Crippen molar-refractivity contribution in [2.45, 2.75) is 76.2 Å². The van der Waals surface area contributed by atoms with Crippen LogP contribution in [-0.4, -0.2) is 39.4 Å². The molecule has 0 bridgehead atoms. The highest BCUT2D eigenvalue weighted by Crippen LogP contribution is 2.55. The first kappa shape index (κ1) is 12.3. The van der Waals surface area contributed by atoms with Crippen molar-refractivity contribution in [3.8, 4) is 0 Å². The summed E-state index contributed by atoms with van der Waals surface area (Å²) in [5, 5.41) is 20.8. The van der Waals surface area contributed by atoms with Gasteiger partial charge in [0.25, 0.3) is 0 Å². The predicted octanol–water partition coefficient (Wildman–Crippen LogP) is 1.19. The zero-order valence-electron chi connectivity index (χ0n) is 10.5. The Morgan fingerprint density at radius 3 is 2.19 bits per heavy atom. The molecule has 1 saturated carbocycles. The van der Waals surface area contributed by atoms with Gasteiger partial charge in [-0.25, -0.2) is 0 Å². The standard InChI is InChI=1S/C12H22O4/c1-5-6-7-12(14)9-8(11(12,4)13)15-10(2,3)16-9/h8-9,13-14H,5-7H2,1-4H3/t8-,9+,11+,12-/m0/s1. The van der Waals surface area contributed by atoms with E-state index in [1.165, 1.54) is 0 Å². The van der Waals surface area contributed by atoms with Gasteiger partial charge in [0, 0.05) is 0 Å². The third kappa shape index (κ3) is 1.44. The van der Waals surface area contributed by atoms with Crippen LogP contribution in [-0.2, 0) is 9.47 Å². The molecule has 16 heavy (non-hydrogen) atoms. The Kier molecular flexibility index (Phi) is 2.63. The number of unbranched alkanes of at least 4 members (excludes halogenated alkanes) is 1. The zero-order chi connectivity index (χ0) is 12.2. The fourth-order valence-electron chi connectivity index (χ4n) is 2.80. The zero-order valence-corrected chi connectivity index (χ0v) is 10.5. The highest BCUT2D eigenvalue weighted by atomic mass is 16.8. The maximum absolute atomic E-state index is 10.5.